The predicted octanol–water partition coefficient (Wildman–Crippen LogP) is 2.47. The van der Waals surface area contributed by atoms with Crippen LogP contribution >= 0.6 is 11.3 Å². The Labute approximate surface area is 139 Å². The fraction of sp³-hybridized carbons (Fsp3) is 0.231. The van der Waals surface area contributed by atoms with Gasteiger partial charge in [0.2, 0.25) is 0 Å². The van der Waals surface area contributed by atoms with Crippen molar-refractivity contribution < 1.29 is 31.1 Å². The van der Waals surface area contributed by atoms with Crippen LogP contribution in [0, 0.1) is 17.5 Å². The van der Waals surface area contributed by atoms with Crippen molar-refractivity contribution in [2.24, 2.45) is 0 Å². The fourth-order valence-electron chi connectivity index (χ4n) is 1.68. The highest BCUT2D eigenvalue weighted by Crippen LogP contribution is 2.25. The molecule has 130 valence electrons. The molecule has 0 unspecified atom stereocenters. The summed E-state index contributed by atoms with van der Waals surface area (Å²) in [6.45, 7) is 1.84. The smallest absolute Gasteiger partial charge is 0.311 e. The van der Waals surface area contributed by atoms with Crippen molar-refractivity contribution in [1.82, 2.24) is 4.98 Å². The van der Waals surface area contributed by atoms with E-state index in [9.17, 15) is 26.4 Å². The molecule has 0 atom stereocenters. The first-order chi connectivity index (χ1) is 11.2. The van der Waals surface area contributed by atoms with Crippen molar-refractivity contribution in [1.29, 1.82) is 0 Å². The number of ether oxygens (including phenoxy) is 1. The standard InChI is InChI=1S/C13H11F3N2O4S2/c1-2-22-10(19)5-7-6-17-13(23-7)18-24(20,21)9-4-3-8(14)11(15)12(9)16/h3-4,6H,2,5H2,1H3,(H,17,18). The minimum absolute atomic E-state index is 0.104. The van der Waals surface area contributed by atoms with Crippen LogP contribution in [0.5, 0.6) is 0 Å². The van der Waals surface area contributed by atoms with Crippen molar-refractivity contribution in [3.8, 4) is 0 Å². The Morgan fingerprint density at radius 1 is 1.29 bits per heavy atom. The number of thiazole rings is 1. The minimum atomic E-state index is -4.51. The number of sulfonamides is 1. The lowest BCUT2D eigenvalue weighted by Crippen LogP contribution is -2.15. The van der Waals surface area contributed by atoms with Crippen LogP contribution in [0.2, 0.25) is 0 Å². The van der Waals surface area contributed by atoms with Crippen LogP contribution in [-0.4, -0.2) is 26.0 Å². The van der Waals surface area contributed by atoms with Gasteiger partial charge in [-0.2, -0.15) is 0 Å². The number of nitrogens with one attached hydrogen (secondary N) is 1. The molecule has 0 amide bonds. The van der Waals surface area contributed by atoms with Gasteiger partial charge in [-0.1, -0.05) is 0 Å². The molecule has 1 aromatic carbocycles. The van der Waals surface area contributed by atoms with Crippen molar-refractivity contribution >= 4 is 32.5 Å². The molecule has 0 fully saturated rings. The Hall–Kier alpha value is -2.14. The summed E-state index contributed by atoms with van der Waals surface area (Å²) in [6, 6.07) is 1.10. The van der Waals surface area contributed by atoms with Gasteiger partial charge in [-0.25, -0.2) is 26.6 Å². The number of aromatic nitrogens is 1. The molecule has 2 rings (SSSR count). The van der Waals surface area contributed by atoms with Gasteiger partial charge in [0.05, 0.1) is 13.0 Å². The maximum Gasteiger partial charge on any atom is 0.311 e. The van der Waals surface area contributed by atoms with Crippen molar-refractivity contribution in [2.45, 2.75) is 18.2 Å². The molecule has 0 bridgehead atoms. The van der Waals surface area contributed by atoms with Crippen LogP contribution in [0.25, 0.3) is 0 Å². The molecule has 1 heterocycles. The minimum Gasteiger partial charge on any atom is -0.466 e. The number of hydrogen-bond acceptors (Lipinski definition) is 6. The van der Waals surface area contributed by atoms with Gasteiger partial charge in [-0.15, -0.1) is 11.3 Å². The van der Waals surface area contributed by atoms with Gasteiger partial charge < -0.3 is 4.74 Å². The third-order valence-corrected chi connectivity index (χ3v) is 5.09. The van der Waals surface area contributed by atoms with E-state index >= 15 is 0 Å². The van der Waals surface area contributed by atoms with E-state index in [1.54, 1.807) is 6.92 Å². The first-order valence-corrected chi connectivity index (χ1v) is 8.81. The maximum atomic E-state index is 13.6. The van der Waals surface area contributed by atoms with Gasteiger partial charge in [0.1, 0.15) is 4.90 Å². The zero-order valence-electron chi connectivity index (χ0n) is 12.2. The second-order valence-corrected chi connectivity index (χ2v) is 7.16. The van der Waals surface area contributed by atoms with E-state index < -0.39 is 38.3 Å². The molecular formula is C13H11F3N2O4S2. The fourth-order valence-corrected chi connectivity index (χ4v) is 3.79. The summed E-state index contributed by atoms with van der Waals surface area (Å²) < 4.78 is 70.5. The molecule has 1 aromatic heterocycles. The molecular weight excluding hydrogens is 369 g/mol. The van der Waals surface area contributed by atoms with E-state index in [1.165, 1.54) is 6.20 Å². The quantitative estimate of drug-likeness (QED) is 0.615. The highest BCUT2D eigenvalue weighted by Gasteiger charge is 2.25. The number of nitrogens with zero attached hydrogens (tertiary/aromatic N) is 1. The summed E-state index contributed by atoms with van der Waals surface area (Å²) in [5, 5.41) is -0.154. The number of carbonyl (C=O) groups excluding carboxylic acids is 1. The summed E-state index contributed by atoms with van der Waals surface area (Å²) in [5.74, 6) is -5.73. The first-order valence-electron chi connectivity index (χ1n) is 6.51. The lowest BCUT2D eigenvalue weighted by molar-refractivity contribution is -0.142. The van der Waals surface area contributed by atoms with Gasteiger partial charge in [-0.3, -0.25) is 9.52 Å². The summed E-state index contributed by atoms with van der Waals surface area (Å²) in [4.78, 5) is 14.4. The number of hydrogen-bond donors (Lipinski definition) is 1. The van der Waals surface area contributed by atoms with E-state index in [0.29, 0.717) is 17.0 Å². The van der Waals surface area contributed by atoms with Crippen LogP contribution in [0.3, 0.4) is 0 Å². The predicted molar refractivity (Wildman–Crippen MR) is 79.6 cm³/mol. The van der Waals surface area contributed by atoms with Crippen molar-refractivity contribution in [2.75, 3.05) is 11.3 Å². The van der Waals surface area contributed by atoms with Gasteiger partial charge in [-0.05, 0) is 19.1 Å². The lowest BCUT2D eigenvalue weighted by Gasteiger charge is -2.07. The third kappa shape index (κ3) is 4.03. The molecule has 6 nitrogen and oxygen atoms in total. The molecule has 24 heavy (non-hydrogen) atoms. The van der Waals surface area contributed by atoms with E-state index in [1.807, 2.05) is 4.72 Å². The maximum absolute atomic E-state index is 13.6. The van der Waals surface area contributed by atoms with Gasteiger partial charge >= 0.3 is 5.97 Å². The molecule has 0 aliphatic carbocycles. The summed E-state index contributed by atoms with van der Waals surface area (Å²) >= 11 is 0.829. The Morgan fingerprint density at radius 2 is 2.00 bits per heavy atom. The number of anilines is 1. The Morgan fingerprint density at radius 3 is 2.67 bits per heavy atom. The van der Waals surface area contributed by atoms with Gasteiger partial charge in [0.25, 0.3) is 10.0 Å². The van der Waals surface area contributed by atoms with Crippen LogP contribution in [0.15, 0.2) is 23.2 Å². The van der Waals surface area contributed by atoms with Crippen molar-refractivity contribution in [3.05, 3.63) is 40.7 Å². The van der Waals surface area contributed by atoms with E-state index in [2.05, 4.69) is 4.98 Å². The normalized spacial score (nSPS) is 11.3. The number of rotatable bonds is 6. The molecule has 0 spiro atoms. The average molecular weight is 380 g/mol. The lowest BCUT2D eigenvalue weighted by atomic mass is 10.3. The summed E-state index contributed by atoms with van der Waals surface area (Å²) in [6.07, 6.45) is 1.15. The average Bonchev–Trinajstić information content (AvgIpc) is 2.90. The number of benzene rings is 1. The molecule has 11 heteroatoms. The number of halogens is 3. The molecule has 2 aromatic rings. The topological polar surface area (TPSA) is 85.4 Å². The van der Waals surface area contributed by atoms with Crippen LogP contribution in [0.4, 0.5) is 18.3 Å². The molecule has 0 radical (unpaired) electrons. The molecule has 0 saturated heterocycles. The van der Waals surface area contributed by atoms with Gasteiger partial charge in [0, 0.05) is 11.1 Å². The Balaban J connectivity index is 2.20. The first kappa shape index (κ1) is 18.2. The SMILES string of the molecule is CCOC(=O)Cc1cnc(NS(=O)(=O)c2ccc(F)c(F)c2F)s1. The highest BCUT2D eigenvalue weighted by atomic mass is 32.2. The van der Waals surface area contributed by atoms with E-state index in [-0.39, 0.29) is 18.2 Å². The zero-order chi connectivity index (χ0) is 17.9. The second-order valence-electron chi connectivity index (χ2n) is 4.39. The number of carbonyl (C=O) groups is 1. The van der Waals surface area contributed by atoms with E-state index in [0.717, 1.165) is 11.3 Å². The van der Waals surface area contributed by atoms with Gasteiger partial charge in [0.15, 0.2) is 22.6 Å². The van der Waals surface area contributed by atoms with Crippen LogP contribution < -0.4 is 4.72 Å². The monoisotopic (exact) mass is 380 g/mol. The molecule has 0 aliphatic rings. The highest BCUT2D eigenvalue weighted by molar-refractivity contribution is 7.93. The largest absolute Gasteiger partial charge is 0.466 e. The molecule has 0 saturated carbocycles. The summed E-state index contributed by atoms with van der Waals surface area (Å²) in [7, 11) is -4.51. The Bertz CT molecular complexity index is 868. The second kappa shape index (κ2) is 7.18. The molecule has 1 N–H and O–H groups in total. The number of esters is 1. The Kier molecular flexibility index (Phi) is 5.44. The molecule has 0 aliphatic heterocycles. The van der Waals surface area contributed by atoms with E-state index in [4.69, 9.17) is 4.74 Å². The third-order valence-electron chi connectivity index (χ3n) is 2.69. The van der Waals surface area contributed by atoms with Crippen LogP contribution in [-0.2, 0) is 26.0 Å². The zero-order valence-corrected chi connectivity index (χ0v) is 13.8. The van der Waals surface area contributed by atoms with Crippen LogP contribution in [0.1, 0.15) is 11.8 Å². The summed E-state index contributed by atoms with van der Waals surface area (Å²) in [5.41, 5.74) is 0. The van der Waals surface area contributed by atoms with Crippen molar-refractivity contribution in [3.63, 3.8) is 0 Å².